The van der Waals surface area contributed by atoms with Gasteiger partial charge in [0, 0.05) is 7.05 Å². The van der Waals surface area contributed by atoms with Crippen LogP contribution >= 0.6 is 0 Å². The average molecular weight is 209 g/mol. The fourth-order valence-electron chi connectivity index (χ4n) is 1.29. The number of anilines is 2. The maximum atomic E-state index is 9.19. The van der Waals surface area contributed by atoms with Crippen LogP contribution in [0.25, 0.3) is 0 Å². The third-order valence-corrected chi connectivity index (χ3v) is 2.38. The van der Waals surface area contributed by atoms with E-state index < -0.39 is 0 Å². The third-order valence-electron chi connectivity index (χ3n) is 2.38. The third kappa shape index (κ3) is 3.40. The molecule has 0 saturated carbocycles. The molecule has 0 spiro atoms. The first-order valence-electron chi connectivity index (χ1n) is 5.17. The van der Waals surface area contributed by atoms with Crippen molar-refractivity contribution in [1.29, 1.82) is 0 Å². The van der Waals surface area contributed by atoms with Gasteiger partial charge in [0.25, 0.3) is 0 Å². The number of aliphatic hydroxyl groups excluding tert-OH is 1. The highest BCUT2D eigenvalue weighted by Gasteiger charge is 2.11. The molecule has 0 fully saturated rings. The lowest BCUT2D eigenvalue weighted by Crippen LogP contribution is -2.29. The average Bonchev–Trinajstić information content (AvgIpc) is 2.25. The largest absolute Gasteiger partial charge is 0.394 e. The van der Waals surface area contributed by atoms with E-state index in [0.29, 0.717) is 5.92 Å². The van der Waals surface area contributed by atoms with Crippen molar-refractivity contribution in [3.05, 3.63) is 18.5 Å². The van der Waals surface area contributed by atoms with Crippen molar-refractivity contribution in [3.63, 3.8) is 0 Å². The van der Waals surface area contributed by atoms with Crippen LogP contribution in [0.5, 0.6) is 0 Å². The topological polar surface area (TPSA) is 57.2 Å². The summed E-state index contributed by atoms with van der Waals surface area (Å²) in [5, 5.41) is 15.5. The molecule has 1 atom stereocenters. The molecule has 4 heteroatoms. The summed E-state index contributed by atoms with van der Waals surface area (Å²) in [7, 11) is 1.85. The number of hydrogen-bond donors (Lipinski definition) is 3. The molecule has 0 unspecified atom stereocenters. The summed E-state index contributed by atoms with van der Waals surface area (Å²) in [4.78, 5) is 4.10. The highest BCUT2D eigenvalue weighted by atomic mass is 16.3. The van der Waals surface area contributed by atoms with Crippen LogP contribution < -0.4 is 10.6 Å². The second-order valence-electron chi connectivity index (χ2n) is 3.89. The maximum absolute atomic E-state index is 9.19. The predicted octanol–water partition coefficient (Wildman–Crippen LogP) is 1.55. The molecule has 0 saturated heterocycles. The summed E-state index contributed by atoms with van der Waals surface area (Å²) in [5.74, 6) is 0.383. The quantitative estimate of drug-likeness (QED) is 0.688. The zero-order valence-corrected chi connectivity index (χ0v) is 9.49. The molecule has 0 amide bonds. The first-order valence-corrected chi connectivity index (χ1v) is 5.17. The Labute approximate surface area is 90.7 Å². The SMILES string of the molecule is CNc1cncc(N[C@H](CO)C(C)C)c1. The number of nitrogens with one attached hydrogen (secondary N) is 2. The number of pyridine rings is 1. The highest BCUT2D eigenvalue weighted by Crippen LogP contribution is 2.15. The lowest BCUT2D eigenvalue weighted by Gasteiger charge is -2.21. The Kier molecular flexibility index (Phi) is 4.37. The number of hydrogen-bond acceptors (Lipinski definition) is 4. The minimum Gasteiger partial charge on any atom is -0.394 e. The lowest BCUT2D eigenvalue weighted by molar-refractivity contribution is 0.249. The van der Waals surface area contributed by atoms with Gasteiger partial charge < -0.3 is 15.7 Å². The highest BCUT2D eigenvalue weighted by molar-refractivity contribution is 5.54. The first-order chi connectivity index (χ1) is 7.17. The Bertz CT molecular complexity index is 302. The van der Waals surface area contributed by atoms with Gasteiger partial charge in [0.1, 0.15) is 0 Å². The van der Waals surface area contributed by atoms with Crippen LogP contribution in [0, 0.1) is 5.92 Å². The molecule has 0 bridgehead atoms. The van der Waals surface area contributed by atoms with Crippen molar-refractivity contribution >= 4 is 11.4 Å². The minimum absolute atomic E-state index is 0.0684. The summed E-state index contributed by atoms with van der Waals surface area (Å²) in [6, 6.07) is 2.04. The Balaban J connectivity index is 2.70. The van der Waals surface area contributed by atoms with Gasteiger partial charge in [-0.25, -0.2) is 0 Å². The Hall–Kier alpha value is -1.29. The normalized spacial score (nSPS) is 12.6. The molecule has 0 aliphatic heterocycles. The van der Waals surface area contributed by atoms with Gasteiger partial charge in [-0.3, -0.25) is 4.98 Å². The Morgan fingerprint density at radius 2 is 2.00 bits per heavy atom. The molecule has 1 aromatic heterocycles. The second-order valence-corrected chi connectivity index (χ2v) is 3.89. The van der Waals surface area contributed by atoms with Crippen molar-refractivity contribution in [2.75, 3.05) is 24.3 Å². The molecule has 0 radical (unpaired) electrons. The summed E-state index contributed by atoms with van der Waals surface area (Å²) < 4.78 is 0. The number of nitrogens with zero attached hydrogens (tertiary/aromatic N) is 1. The smallest absolute Gasteiger partial charge is 0.0635 e. The van der Waals surface area contributed by atoms with Crippen LogP contribution in [0.1, 0.15) is 13.8 Å². The Morgan fingerprint density at radius 1 is 1.33 bits per heavy atom. The zero-order valence-electron chi connectivity index (χ0n) is 9.49. The van der Waals surface area contributed by atoms with E-state index in [1.807, 2.05) is 13.1 Å². The van der Waals surface area contributed by atoms with E-state index in [9.17, 15) is 5.11 Å². The zero-order chi connectivity index (χ0) is 11.3. The number of rotatable bonds is 5. The van der Waals surface area contributed by atoms with Crippen molar-refractivity contribution < 1.29 is 5.11 Å². The first kappa shape index (κ1) is 11.8. The van der Waals surface area contributed by atoms with Gasteiger partial charge in [0.05, 0.1) is 36.4 Å². The fraction of sp³-hybridized carbons (Fsp3) is 0.545. The van der Waals surface area contributed by atoms with Crippen LogP contribution in [0.2, 0.25) is 0 Å². The van der Waals surface area contributed by atoms with Crippen LogP contribution in [0.4, 0.5) is 11.4 Å². The molecule has 0 aliphatic rings. The van der Waals surface area contributed by atoms with E-state index in [1.165, 1.54) is 0 Å². The van der Waals surface area contributed by atoms with Crippen LogP contribution in [0.3, 0.4) is 0 Å². The van der Waals surface area contributed by atoms with E-state index >= 15 is 0 Å². The Morgan fingerprint density at radius 3 is 2.53 bits per heavy atom. The van der Waals surface area contributed by atoms with E-state index in [2.05, 4.69) is 29.5 Å². The van der Waals surface area contributed by atoms with Crippen LogP contribution in [-0.4, -0.2) is 29.8 Å². The molecule has 1 heterocycles. The van der Waals surface area contributed by atoms with Crippen molar-refractivity contribution in [2.24, 2.45) is 5.92 Å². The van der Waals surface area contributed by atoms with Crippen LogP contribution in [-0.2, 0) is 0 Å². The predicted molar refractivity (Wildman–Crippen MR) is 63.1 cm³/mol. The molecular weight excluding hydrogens is 190 g/mol. The number of aliphatic hydroxyl groups is 1. The van der Waals surface area contributed by atoms with E-state index in [4.69, 9.17) is 0 Å². The minimum atomic E-state index is 0.0684. The molecule has 4 nitrogen and oxygen atoms in total. The second kappa shape index (κ2) is 5.56. The fourth-order valence-corrected chi connectivity index (χ4v) is 1.29. The molecule has 0 aliphatic carbocycles. The molecule has 15 heavy (non-hydrogen) atoms. The summed E-state index contributed by atoms with van der Waals surface area (Å²) in [5.41, 5.74) is 1.88. The summed E-state index contributed by atoms with van der Waals surface area (Å²) in [6.07, 6.45) is 3.51. The summed E-state index contributed by atoms with van der Waals surface area (Å²) >= 11 is 0. The standard InChI is InChI=1S/C11H19N3O/c1-8(2)11(7-15)14-10-4-9(12-3)5-13-6-10/h4-6,8,11-12,14-15H,7H2,1-3H3/t11-/m1/s1. The van der Waals surface area contributed by atoms with E-state index in [-0.39, 0.29) is 12.6 Å². The van der Waals surface area contributed by atoms with Crippen molar-refractivity contribution in [2.45, 2.75) is 19.9 Å². The molecule has 84 valence electrons. The van der Waals surface area contributed by atoms with Gasteiger partial charge in [-0.2, -0.15) is 0 Å². The maximum Gasteiger partial charge on any atom is 0.0635 e. The molecule has 1 aromatic rings. The van der Waals surface area contributed by atoms with Gasteiger partial charge in [0.2, 0.25) is 0 Å². The number of aromatic nitrogens is 1. The van der Waals surface area contributed by atoms with E-state index in [1.54, 1.807) is 12.4 Å². The molecule has 0 aromatic carbocycles. The van der Waals surface area contributed by atoms with Gasteiger partial charge in [-0.05, 0) is 12.0 Å². The summed E-state index contributed by atoms with van der Waals surface area (Å²) in [6.45, 7) is 4.27. The van der Waals surface area contributed by atoms with Crippen LogP contribution in [0.15, 0.2) is 18.5 Å². The molecular formula is C11H19N3O. The van der Waals surface area contributed by atoms with Crippen molar-refractivity contribution in [3.8, 4) is 0 Å². The van der Waals surface area contributed by atoms with Crippen molar-refractivity contribution in [1.82, 2.24) is 4.98 Å². The molecule has 3 N–H and O–H groups in total. The van der Waals surface area contributed by atoms with Gasteiger partial charge >= 0.3 is 0 Å². The van der Waals surface area contributed by atoms with Gasteiger partial charge in [0.15, 0.2) is 0 Å². The van der Waals surface area contributed by atoms with Gasteiger partial charge in [-0.15, -0.1) is 0 Å². The molecule has 1 rings (SSSR count). The monoisotopic (exact) mass is 209 g/mol. The van der Waals surface area contributed by atoms with Gasteiger partial charge in [-0.1, -0.05) is 13.8 Å². The van der Waals surface area contributed by atoms with E-state index in [0.717, 1.165) is 11.4 Å². The lowest BCUT2D eigenvalue weighted by atomic mass is 10.1.